The highest BCUT2D eigenvalue weighted by Crippen LogP contribution is 2.14. The fourth-order valence-electron chi connectivity index (χ4n) is 0.222. The molecule has 3 heteroatoms. The third kappa shape index (κ3) is 3.22. The maximum absolute atomic E-state index is 10.9. The van der Waals surface area contributed by atoms with Crippen LogP contribution in [0.5, 0.6) is 0 Å². The van der Waals surface area contributed by atoms with Crippen LogP contribution in [0.25, 0.3) is 0 Å². The molecular formula is C7H12NO2. The molecule has 57 valence electrons. The van der Waals surface area contributed by atoms with Gasteiger partial charge in [0, 0.05) is 6.21 Å². The standard InChI is InChI=1S/C7H12NO2/c1-5-8-10-6(9)7(2,3)4/h5H,1H2,2-4H3. The maximum Gasteiger partial charge on any atom is 0.340 e. The molecule has 3 nitrogen and oxygen atoms in total. The molecule has 0 amide bonds. The van der Waals surface area contributed by atoms with Gasteiger partial charge in [0.05, 0.1) is 5.41 Å². The summed E-state index contributed by atoms with van der Waals surface area (Å²) < 4.78 is 0. The highest BCUT2D eigenvalue weighted by atomic mass is 16.7. The molecular weight excluding hydrogens is 130 g/mol. The van der Waals surface area contributed by atoms with Gasteiger partial charge in [-0.2, -0.15) is 0 Å². The van der Waals surface area contributed by atoms with Crippen molar-refractivity contribution in [1.29, 1.82) is 0 Å². The summed E-state index contributed by atoms with van der Waals surface area (Å²) in [7, 11) is 0. The monoisotopic (exact) mass is 142 g/mol. The fraction of sp³-hybridized carbons (Fsp3) is 0.571. The van der Waals surface area contributed by atoms with Crippen molar-refractivity contribution in [3.63, 3.8) is 0 Å². The summed E-state index contributed by atoms with van der Waals surface area (Å²) in [6, 6.07) is 0. The largest absolute Gasteiger partial charge is 0.340 e. The van der Waals surface area contributed by atoms with Crippen LogP contribution in [0.3, 0.4) is 0 Å². The van der Waals surface area contributed by atoms with E-state index < -0.39 is 5.41 Å². The number of nitrogens with zero attached hydrogens (tertiary/aromatic N) is 1. The normalized spacial score (nSPS) is 12.0. The molecule has 0 rings (SSSR count). The van der Waals surface area contributed by atoms with Gasteiger partial charge in [0.15, 0.2) is 0 Å². The van der Waals surface area contributed by atoms with Crippen LogP contribution in [-0.2, 0) is 9.63 Å². The zero-order valence-corrected chi connectivity index (χ0v) is 6.55. The molecule has 0 aliphatic rings. The minimum absolute atomic E-state index is 0.354. The summed E-state index contributed by atoms with van der Waals surface area (Å²) in [5.74, 6) is -0.354. The first-order valence-corrected chi connectivity index (χ1v) is 3.01. The van der Waals surface area contributed by atoms with E-state index in [4.69, 9.17) is 0 Å². The zero-order chi connectivity index (χ0) is 8.20. The van der Waals surface area contributed by atoms with E-state index in [-0.39, 0.29) is 5.97 Å². The Hall–Kier alpha value is -0.860. The zero-order valence-electron chi connectivity index (χ0n) is 6.55. The summed E-state index contributed by atoms with van der Waals surface area (Å²) in [6.07, 6.45) is 1.18. The van der Waals surface area contributed by atoms with Crippen LogP contribution in [0.2, 0.25) is 0 Å². The van der Waals surface area contributed by atoms with Crippen molar-refractivity contribution in [3.05, 3.63) is 6.92 Å². The maximum atomic E-state index is 10.9. The van der Waals surface area contributed by atoms with Gasteiger partial charge in [0.2, 0.25) is 0 Å². The Kier molecular flexibility index (Phi) is 3.06. The second-order valence-corrected chi connectivity index (χ2v) is 2.92. The van der Waals surface area contributed by atoms with Gasteiger partial charge in [-0.15, -0.1) is 0 Å². The minimum Gasteiger partial charge on any atom is -0.318 e. The number of hydrogen-bond acceptors (Lipinski definition) is 3. The van der Waals surface area contributed by atoms with E-state index in [1.54, 1.807) is 20.8 Å². The van der Waals surface area contributed by atoms with E-state index >= 15 is 0 Å². The lowest BCUT2D eigenvalue weighted by Gasteiger charge is -2.12. The lowest BCUT2D eigenvalue weighted by Crippen LogP contribution is -2.20. The average molecular weight is 142 g/mol. The van der Waals surface area contributed by atoms with Crippen LogP contribution >= 0.6 is 0 Å². The first-order valence-electron chi connectivity index (χ1n) is 3.01. The van der Waals surface area contributed by atoms with E-state index in [0.29, 0.717) is 0 Å². The van der Waals surface area contributed by atoms with Crippen LogP contribution in [0.4, 0.5) is 0 Å². The van der Waals surface area contributed by atoms with E-state index in [1.807, 2.05) is 0 Å². The van der Waals surface area contributed by atoms with Crippen molar-refractivity contribution in [3.8, 4) is 0 Å². The summed E-state index contributed by atoms with van der Waals surface area (Å²) in [5, 5.41) is 3.25. The molecule has 0 bridgehead atoms. The van der Waals surface area contributed by atoms with Crippen LogP contribution in [0, 0.1) is 12.3 Å². The smallest absolute Gasteiger partial charge is 0.318 e. The second-order valence-electron chi connectivity index (χ2n) is 2.92. The molecule has 0 aliphatic carbocycles. The number of rotatable bonds is 1. The molecule has 1 radical (unpaired) electrons. The van der Waals surface area contributed by atoms with Crippen molar-refractivity contribution in [2.75, 3.05) is 0 Å². The van der Waals surface area contributed by atoms with Crippen molar-refractivity contribution in [2.24, 2.45) is 10.6 Å². The quantitative estimate of drug-likeness (QED) is 0.315. The number of hydrogen-bond donors (Lipinski definition) is 0. The minimum atomic E-state index is -0.494. The molecule has 0 aromatic heterocycles. The van der Waals surface area contributed by atoms with E-state index in [1.165, 1.54) is 6.21 Å². The molecule has 0 aromatic carbocycles. The van der Waals surface area contributed by atoms with Gasteiger partial charge in [0.25, 0.3) is 0 Å². The van der Waals surface area contributed by atoms with Crippen molar-refractivity contribution in [1.82, 2.24) is 0 Å². The molecule has 0 N–H and O–H groups in total. The van der Waals surface area contributed by atoms with Crippen LogP contribution in [-0.4, -0.2) is 12.2 Å². The Balaban J connectivity index is 3.86. The predicted molar refractivity (Wildman–Crippen MR) is 39.4 cm³/mol. The number of oxime groups is 1. The lowest BCUT2D eigenvalue weighted by atomic mass is 9.98. The molecule has 0 fully saturated rings. The Morgan fingerprint density at radius 1 is 1.60 bits per heavy atom. The van der Waals surface area contributed by atoms with E-state index in [0.717, 1.165) is 0 Å². The van der Waals surface area contributed by atoms with Gasteiger partial charge >= 0.3 is 5.97 Å². The summed E-state index contributed by atoms with van der Waals surface area (Å²) in [6.45, 7) is 8.54. The SMILES string of the molecule is [CH2]C=NOC(=O)C(C)(C)C. The molecule has 0 saturated carbocycles. The van der Waals surface area contributed by atoms with Gasteiger partial charge in [-0.25, -0.2) is 4.79 Å². The van der Waals surface area contributed by atoms with Crippen LogP contribution in [0.15, 0.2) is 5.16 Å². The molecule has 0 spiro atoms. The molecule has 0 unspecified atom stereocenters. The van der Waals surface area contributed by atoms with Crippen molar-refractivity contribution in [2.45, 2.75) is 20.8 Å². The van der Waals surface area contributed by atoms with Crippen molar-refractivity contribution < 1.29 is 9.63 Å². The van der Waals surface area contributed by atoms with E-state index in [2.05, 4.69) is 16.9 Å². The van der Waals surface area contributed by atoms with Gasteiger partial charge in [0.1, 0.15) is 0 Å². The summed E-state index contributed by atoms with van der Waals surface area (Å²) in [4.78, 5) is 15.3. The predicted octanol–water partition coefficient (Wildman–Crippen LogP) is 1.40. The van der Waals surface area contributed by atoms with Crippen LogP contribution in [0.1, 0.15) is 20.8 Å². The van der Waals surface area contributed by atoms with Gasteiger partial charge in [-0.1, -0.05) is 5.16 Å². The lowest BCUT2D eigenvalue weighted by molar-refractivity contribution is -0.152. The molecule has 0 aliphatic heterocycles. The molecule has 10 heavy (non-hydrogen) atoms. The fourth-order valence-corrected chi connectivity index (χ4v) is 0.222. The van der Waals surface area contributed by atoms with Crippen molar-refractivity contribution >= 4 is 12.2 Å². The Labute approximate surface area is 61.1 Å². The summed E-state index contributed by atoms with van der Waals surface area (Å²) >= 11 is 0. The Morgan fingerprint density at radius 3 is 2.40 bits per heavy atom. The highest BCUT2D eigenvalue weighted by Gasteiger charge is 2.23. The second kappa shape index (κ2) is 3.34. The first kappa shape index (κ1) is 9.14. The molecule has 0 aromatic rings. The molecule has 0 heterocycles. The van der Waals surface area contributed by atoms with Gasteiger partial charge in [-0.05, 0) is 27.7 Å². The van der Waals surface area contributed by atoms with E-state index in [9.17, 15) is 4.79 Å². The third-order valence-electron chi connectivity index (χ3n) is 0.823. The topological polar surface area (TPSA) is 38.7 Å². The molecule has 0 atom stereocenters. The molecule has 0 saturated heterocycles. The number of carbonyl (C=O) groups is 1. The third-order valence-corrected chi connectivity index (χ3v) is 0.823. The number of carbonyl (C=O) groups excluding carboxylic acids is 1. The average Bonchev–Trinajstić information content (AvgIpc) is 1.80. The van der Waals surface area contributed by atoms with Crippen LogP contribution < -0.4 is 0 Å². The summed E-state index contributed by atoms with van der Waals surface area (Å²) in [5.41, 5.74) is -0.494. The Morgan fingerprint density at radius 2 is 2.10 bits per heavy atom. The highest BCUT2D eigenvalue weighted by molar-refractivity contribution is 5.76. The van der Waals surface area contributed by atoms with Gasteiger partial charge in [-0.3, -0.25) is 0 Å². The Bertz CT molecular complexity index is 144. The first-order chi connectivity index (χ1) is 4.48. The van der Waals surface area contributed by atoms with Gasteiger partial charge < -0.3 is 4.84 Å².